The van der Waals surface area contributed by atoms with Gasteiger partial charge >= 0.3 is 0 Å². The highest BCUT2D eigenvalue weighted by Crippen LogP contribution is 2.22. The topological polar surface area (TPSA) is 43.3 Å². The molecule has 0 bridgehead atoms. The molecule has 3 heteroatoms. The zero-order chi connectivity index (χ0) is 11.2. The molecule has 0 aliphatic heterocycles. The van der Waals surface area contributed by atoms with Gasteiger partial charge in [0, 0.05) is 6.20 Å². The van der Waals surface area contributed by atoms with Crippen LogP contribution >= 0.6 is 0 Å². The third-order valence-corrected chi connectivity index (χ3v) is 2.62. The van der Waals surface area contributed by atoms with E-state index in [1.165, 1.54) is 11.1 Å². The van der Waals surface area contributed by atoms with E-state index in [0.717, 1.165) is 11.5 Å². The van der Waals surface area contributed by atoms with E-state index in [2.05, 4.69) is 22.4 Å². The van der Waals surface area contributed by atoms with Gasteiger partial charge in [-0.3, -0.25) is 0 Å². The van der Waals surface area contributed by atoms with Crippen molar-refractivity contribution < 1.29 is 0 Å². The number of fused-ring (bicyclic) bond motifs is 1. The summed E-state index contributed by atoms with van der Waals surface area (Å²) in [6.07, 6.45) is 2.02. The van der Waals surface area contributed by atoms with Crippen molar-refractivity contribution in [2.75, 3.05) is 0 Å². The molecule has 0 atom stereocenters. The van der Waals surface area contributed by atoms with Crippen molar-refractivity contribution in [1.82, 2.24) is 9.38 Å². The normalized spacial score (nSPS) is 12.3. The summed E-state index contributed by atoms with van der Waals surface area (Å²) in [7, 11) is 0. The summed E-state index contributed by atoms with van der Waals surface area (Å²) in [6, 6.07) is 4.12. The summed E-state index contributed by atoms with van der Waals surface area (Å²) >= 11 is 0. The lowest BCUT2D eigenvalue weighted by atomic mass is 10.1. The van der Waals surface area contributed by atoms with Crippen LogP contribution in [0.15, 0.2) is 18.3 Å². The highest BCUT2D eigenvalue weighted by Gasteiger charge is 2.21. The summed E-state index contributed by atoms with van der Waals surface area (Å²) in [4.78, 5) is 4.56. The lowest BCUT2D eigenvalue weighted by Gasteiger charge is -2.16. The number of rotatable bonds is 1. The number of nitrogens with zero attached hydrogens (tertiary/aromatic N) is 2. The Morgan fingerprint density at radius 2 is 2.00 bits per heavy atom. The number of aryl methyl sites for hydroxylation is 2. The second-order valence-corrected chi connectivity index (χ2v) is 4.65. The van der Waals surface area contributed by atoms with Crippen molar-refractivity contribution in [3.05, 3.63) is 35.4 Å². The van der Waals surface area contributed by atoms with Gasteiger partial charge in [0.1, 0.15) is 5.82 Å². The fourth-order valence-electron chi connectivity index (χ4n) is 1.97. The predicted molar refractivity (Wildman–Crippen MR) is 61.9 cm³/mol. The van der Waals surface area contributed by atoms with Crippen molar-refractivity contribution in [1.29, 1.82) is 0 Å². The van der Waals surface area contributed by atoms with Crippen LogP contribution in [0.5, 0.6) is 0 Å². The smallest absolute Gasteiger partial charge is 0.133 e. The molecular formula is C12H17N3. The number of imidazole rings is 1. The second-order valence-electron chi connectivity index (χ2n) is 4.65. The van der Waals surface area contributed by atoms with Gasteiger partial charge in [0.2, 0.25) is 0 Å². The van der Waals surface area contributed by atoms with Gasteiger partial charge in [-0.05, 0) is 39.3 Å². The van der Waals surface area contributed by atoms with E-state index in [1.807, 2.05) is 33.0 Å². The fraction of sp³-hybridized carbons (Fsp3) is 0.417. The predicted octanol–water partition coefficient (Wildman–Crippen LogP) is 2.14. The maximum absolute atomic E-state index is 6.10. The average molecular weight is 203 g/mol. The maximum atomic E-state index is 6.10. The Labute approximate surface area is 89.9 Å². The first kappa shape index (κ1) is 10.2. The van der Waals surface area contributed by atoms with Crippen LogP contribution in [0, 0.1) is 13.8 Å². The molecule has 3 nitrogen and oxygen atoms in total. The molecule has 2 aromatic rings. The van der Waals surface area contributed by atoms with Gasteiger partial charge in [-0.15, -0.1) is 0 Å². The zero-order valence-corrected chi connectivity index (χ0v) is 9.70. The number of nitrogens with two attached hydrogens (primary N) is 1. The lowest BCUT2D eigenvalue weighted by Crippen LogP contribution is -2.31. The van der Waals surface area contributed by atoms with E-state index in [1.54, 1.807) is 0 Å². The van der Waals surface area contributed by atoms with E-state index >= 15 is 0 Å². The van der Waals surface area contributed by atoms with Crippen LogP contribution in [0.2, 0.25) is 0 Å². The van der Waals surface area contributed by atoms with Crippen molar-refractivity contribution in [3.63, 3.8) is 0 Å². The third-order valence-electron chi connectivity index (χ3n) is 2.62. The van der Waals surface area contributed by atoms with E-state index in [4.69, 9.17) is 5.73 Å². The Bertz CT molecular complexity index is 503. The van der Waals surface area contributed by atoms with Gasteiger partial charge in [0.25, 0.3) is 0 Å². The maximum Gasteiger partial charge on any atom is 0.133 e. The van der Waals surface area contributed by atoms with Gasteiger partial charge in [0.05, 0.1) is 16.7 Å². The SMILES string of the molecule is Cc1cccn2c(C(C)(C)N)nc(C)c12. The lowest BCUT2D eigenvalue weighted by molar-refractivity contribution is 0.511. The number of aromatic nitrogens is 2. The van der Waals surface area contributed by atoms with E-state index in [-0.39, 0.29) is 0 Å². The average Bonchev–Trinajstić information content (AvgIpc) is 2.44. The molecule has 2 aromatic heterocycles. The van der Waals surface area contributed by atoms with Crippen LogP contribution in [0.3, 0.4) is 0 Å². The first-order valence-electron chi connectivity index (χ1n) is 5.15. The molecule has 2 rings (SSSR count). The molecule has 15 heavy (non-hydrogen) atoms. The third kappa shape index (κ3) is 1.53. The summed E-state index contributed by atoms with van der Waals surface area (Å²) in [6.45, 7) is 8.07. The van der Waals surface area contributed by atoms with E-state index in [0.29, 0.717) is 0 Å². The Kier molecular flexibility index (Phi) is 2.08. The number of hydrogen-bond acceptors (Lipinski definition) is 2. The zero-order valence-electron chi connectivity index (χ0n) is 9.70. The van der Waals surface area contributed by atoms with Crippen LogP contribution in [0.25, 0.3) is 5.52 Å². The Morgan fingerprint density at radius 1 is 1.33 bits per heavy atom. The van der Waals surface area contributed by atoms with Gasteiger partial charge in [0.15, 0.2) is 0 Å². The largest absolute Gasteiger partial charge is 0.319 e. The van der Waals surface area contributed by atoms with Gasteiger partial charge in [-0.1, -0.05) is 6.07 Å². The molecule has 0 amide bonds. The molecule has 2 N–H and O–H groups in total. The fourth-order valence-corrected chi connectivity index (χ4v) is 1.97. The first-order valence-corrected chi connectivity index (χ1v) is 5.15. The van der Waals surface area contributed by atoms with Crippen molar-refractivity contribution in [3.8, 4) is 0 Å². The molecular weight excluding hydrogens is 186 g/mol. The Hall–Kier alpha value is -1.35. The monoisotopic (exact) mass is 203 g/mol. The van der Waals surface area contributed by atoms with Crippen LogP contribution in [-0.2, 0) is 5.54 Å². The molecule has 0 aliphatic rings. The molecule has 0 radical (unpaired) electrons. The quantitative estimate of drug-likeness (QED) is 0.771. The first-order chi connectivity index (χ1) is 6.91. The molecule has 0 spiro atoms. The minimum atomic E-state index is -0.412. The number of hydrogen-bond donors (Lipinski definition) is 1. The molecule has 0 fully saturated rings. The second kappa shape index (κ2) is 3.07. The highest BCUT2D eigenvalue weighted by atomic mass is 15.1. The molecule has 80 valence electrons. The van der Waals surface area contributed by atoms with Crippen molar-refractivity contribution in [2.24, 2.45) is 5.73 Å². The van der Waals surface area contributed by atoms with E-state index < -0.39 is 5.54 Å². The summed E-state index contributed by atoms with van der Waals surface area (Å²) in [5.74, 6) is 0.915. The Morgan fingerprint density at radius 3 is 2.60 bits per heavy atom. The molecule has 0 aromatic carbocycles. The number of pyridine rings is 1. The van der Waals surface area contributed by atoms with Crippen LogP contribution in [0.1, 0.15) is 30.9 Å². The molecule has 0 saturated heterocycles. The minimum Gasteiger partial charge on any atom is -0.319 e. The molecule has 0 saturated carbocycles. The van der Waals surface area contributed by atoms with Crippen LogP contribution in [0.4, 0.5) is 0 Å². The minimum absolute atomic E-state index is 0.412. The van der Waals surface area contributed by atoms with Crippen LogP contribution < -0.4 is 5.73 Å². The van der Waals surface area contributed by atoms with Gasteiger partial charge in [-0.25, -0.2) is 4.98 Å². The Balaban J connectivity index is 2.85. The highest BCUT2D eigenvalue weighted by molar-refractivity contribution is 5.59. The van der Waals surface area contributed by atoms with Crippen LogP contribution in [-0.4, -0.2) is 9.38 Å². The standard InChI is InChI=1S/C12H17N3/c1-8-6-5-7-15-10(8)9(2)14-11(15)12(3,4)13/h5-7H,13H2,1-4H3. The molecule has 0 aliphatic carbocycles. The van der Waals surface area contributed by atoms with E-state index in [9.17, 15) is 0 Å². The molecule has 0 unspecified atom stereocenters. The van der Waals surface area contributed by atoms with Gasteiger partial charge in [-0.2, -0.15) is 0 Å². The summed E-state index contributed by atoms with van der Waals surface area (Å²) in [5.41, 5.74) is 9.14. The molecule has 2 heterocycles. The van der Waals surface area contributed by atoms with Crippen molar-refractivity contribution >= 4 is 5.52 Å². The summed E-state index contributed by atoms with van der Waals surface area (Å²) in [5, 5.41) is 0. The van der Waals surface area contributed by atoms with Crippen molar-refractivity contribution in [2.45, 2.75) is 33.2 Å². The van der Waals surface area contributed by atoms with Gasteiger partial charge < -0.3 is 10.1 Å². The summed E-state index contributed by atoms with van der Waals surface area (Å²) < 4.78 is 2.09.